The van der Waals surface area contributed by atoms with E-state index in [-0.39, 0.29) is 11.4 Å². The second-order valence-corrected chi connectivity index (χ2v) is 8.17. The van der Waals surface area contributed by atoms with E-state index in [9.17, 15) is 12.8 Å². The van der Waals surface area contributed by atoms with Gasteiger partial charge in [-0.2, -0.15) is 0 Å². The van der Waals surface area contributed by atoms with Gasteiger partial charge in [0.1, 0.15) is 23.3 Å². The molecule has 0 amide bonds. The molecule has 0 aliphatic heterocycles. The van der Waals surface area contributed by atoms with Crippen LogP contribution in [0.4, 0.5) is 16.0 Å². The molecule has 0 bridgehead atoms. The Balaban J connectivity index is 1.69. The molecule has 4 N–H and O–H groups in total. The normalized spacial score (nSPS) is 11.4. The third kappa shape index (κ3) is 5.72. The number of rotatable bonds is 8. The van der Waals surface area contributed by atoms with Crippen LogP contribution in [0.25, 0.3) is 0 Å². The van der Waals surface area contributed by atoms with Crippen LogP contribution in [0.15, 0.2) is 59.5 Å². The molecule has 0 unspecified atom stereocenters. The molecular weight excluding hydrogens is 393 g/mol. The highest BCUT2D eigenvalue weighted by Gasteiger charge is 2.14. The van der Waals surface area contributed by atoms with Crippen molar-refractivity contribution < 1.29 is 12.8 Å². The van der Waals surface area contributed by atoms with Gasteiger partial charge in [0, 0.05) is 25.6 Å². The molecule has 0 atom stereocenters. The Bertz CT molecular complexity index is 1110. The van der Waals surface area contributed by atoms with E-state index in [4.69, 9.17) is 5.73 Å². The van der Waals surface area contributed by atoms with Crippen molar-refractivity contribution in [2.75, 3.05) is 11.1 Å². The van der Waals surface area contributed by atoms with Crippen LogP contribution >= 0.6 is 0 Å². The standard InChI is InChI=1S/C20H22FN5O2S/c1-2-19-25-18(22)11-20(26-19)23-12-15-6-4-8-17(10-15)29(27,28)24-13-14-5-3-7-16(21)9-14/h3-11,24H,2,12-13H2,1H3,(H3,22,23,25,26). The summed E-state index contributed by atoms with van der Waals surface area (Å²) in [6.45, 7) is 2.30. The van der Waals surface area contributed by atoms with Gasteiger partial charge < -0.3 is 11.1 Å². The van der Waals surface area contributed by atoms with Crippen LogP contribution in [0.1, 0.15) is 23.9 Å². The maximum absolute atomic E-state index is 13.3. The minimum Gasteiger partial charge on any atom is -0.384 e. The Labute approximate surface area is 169 Å². The van der Waals surface area contributed by atoms with Crippen molar-refractivity contribution in [1.82, 2.24) is 14.7 Å². The van der Waals surface area contributed by atoms with Gasteiger partial charge in [-0.25, -0.2) is 27.5 Å². The Morgan fingerprint density at radius 3 is 2.45 bits per heavy atom. The summed E-state index contributed by atoms with van der Waals surface area (Å²) >= 11 is 0. The van der Waals surface area contributed by atoms with Crippen LogP contribution in [0.5, 0.6) is 0 Å². The SMILES string of the molecule is CCc1nc(N)cc(NCc2cccc(S(=O)(=O)NCc3cccc(F)c3)c2)n1. The van der Waals surface area contributed by atoms with Gasteiger partial charge in [0.15, 0.2) is 0 Å². The predicted octanol–water partition coefficient (Wildman–Crippen LogP) is 2.85. The third-order valence-electron chi connectivity index (χ3n) is 4.15. The topological polar surface area (TPSA) is 110 Å². The monoisotopic (exact) mass is 415 g/mol. The molecule has 2 aromatic carbocycles. The summed E-state index contributed by atoms with van der Waals surface area (Å²) in [5.41, 5.74) is 7.07. The lowest BCUT2D eigenvalue weighted by molar-refractivity contribution is 0.580. The summed E-state index contributed by atoms with van der Waals surface area (Å²) in [6.07, 6.45) is 0.657. The first-order valence-electron chi connectivity index (χ1n) is 9.06. The van der Waals surface area contributed by atoms with Gasteiger partial charge in [-0.15, -0.1) is 0 Å². The second kappa shape index (κ2) is 8.97. The van der Waals surface area contributed by atoms with Crippen molar-refractivity contribution in [3.63, 3.8) is 0 Å². The largest absolute Gasteiger partial charge is 0.384 e. The Kier molecular flexibility index (Phi) is 6.40. The molecule has 0 aliphatic rings. The summed E-state index contributed by atoms with van der Waals surface area (Å²) < 4.78 is 40.9. The molecule has 7 nitrogen and oxygen atoms in total. The molecule has 0 radical (unpaired) electrons. The minimum atomic E-state index is -3.74. The molecule has 0 saturated carbocycles. The zero-order chi connectivity index (χ0) is 20.9. The Hall–Kier alpha value is -3.04. The lowest BCUT2D eigenvalue weighted by Crippen LogP contribution is -2.23. The van der Waals surface area contributed by atoms with Gasteiger partial charge in [-0.3, -0.25) is 0 Å². The van der Waals surface area contributed by atoms with Gasteiger partial charge in [-0.05, 0) is 35.4 Å². The average Bonchev–Trinajstić information content (AvgIpc) is 2.71. The Morgan fingerprint density at radius 2 is 1.72 bits per heavy atom. The van der Waals surface area contributed by atoms with E-state index in [0.29, 0.717) is 36.0 Å². The summed E-state index contributed by atoms with van der Waals surface area (Å²) in [7, 11) is -3.74. The second-order valence-electron chi connectivity index (χ2n) is 6.40. The van der Waals surface area contributed by atoms with Crippen LogP contribution in [0.2, 0.25) is 0 Å². The molecule has 0 saturated heterocycles. The van der Waals surface area contributed by atoms with Crippen molar-refractivity contribution in [1.29, 1.82) is 0 Å². The van der Waals surface area contributed by atoms with E-state index in [1.807, 2.05) is 13.0 Å². The number of aryl methyl sites for hydroxylation is 1. The minimum absolute atomic E-state index is 0.00256. The number of sulfonamides is 1. The fraction of sp³-hybridized carbons (Fsp3) is 0.200. The number of nitrogen functional groups attached to an aromatic ring is 1. The summed E-state index contributed by atoms with van der Waals surface area (Å²) in [6, 6.07) is 14.0. The van der Waals surface area contributed by atoms with E-state index >= 15 is 0 Å². The quantitative estimate of drug-likeness (QED) is 0.522. The van der Waals surface area contributed by atoms with Crippen LogP contribution in [-0.2, 0) is 29.5 Å². The first-order chi connectivity index (χ1) is 13.9. The van der Waals surface area contributed by atoms with Crippen LogP contribution in [0, 0.1) is 5.82 Å². The summed E-state index contributed by atoms with van der Waals surface area (Å²) in [5.74, 6) is 1.17. The maximum Gasteiger partial charge on any atom is 0.240 e. The smallest absolute Gasteiger partial charge is 0.240 e. The molecule has 0 fully saturated rings. The van der Waals surface area contributed by atoms with Gasteiger partial charge in [0.05, 0.1) is 4.90 Å². The van der Waals surface area contributed by atoms with E-state index in [1.165, 1.54) is 24.3 Å². The lowest BCUT2D eigenvalue weighted by Gasteiger charge is -2.10. The number of nitrogens with two attached hydrogens (primary N) is 1. The fourth-order valence-electron chi connectivity index (χ4n) is 2.69. The number of anilines is 2. The van der Waals surface area contributed by atoms with Crippen molar-refractivity contribution in [3.05, 3.63) is 77.4 Å². The maximum atomic E-state index is 13.3. The summed E-state index contributed by atoms with van der Waals surface area (Å²) in [4.78, 5) is 8.59. The molecule has 1 aromatic heterocycles. The highest BCUT2D eigenvalue weighted by atomic mass is 32.2. The first-order valence-corrected chi connectivity index (χ1v) is 10.5. The molecule has 152 valence electrons. The van der Waals surface area contributed by atoms with Gasteiger partial charge >= 0.3 is 0 Å². The highest BCUT2D eigenvalue weighted by molar-refractivity contribution is 7.89. The van der Waals surface area contributed by atoms with E-state index < -0.39 is 15.8 Å². The average molecular weight is 415 g/mol. The van der Waals surface area contributed by atoms with Crippen molar-refractivity contribution >= 4 is 21.7 Å². The van der Waals surface area contributed by atoms with Gasteiger partial charge in [0.2, 0.25) is 10.0 Å². The van der Waals surface area contributed by atoms with Crippen LogP contribution in [-0.4, -0.2) is 18.4 Å². The number of halogens is 1. The molecule has 3 aromatic rings. The number of benzene rings is 2. The molecule has 0 spiro atoms. The van der Waals surface area contributed by atoms with Crippen molar-refractivity contribution in [2.24, 2.45) is 0 Å². The lowest BCUT2D eigenvalue weighted by atomic mass is 10.2. The number of hydrogen-bond acceptors (Lipinski definition) is 6. The van der Waals surface area contributed by atoms with Crippen LogP contribution in [0.3, 0.4) is 0 Å². The van der Waals surface area contributed by atoms with Gasteiger partial charge in [-0.1, -0.05) is 31.2 Å². The molecule has 0 aliphatic carbocycles. The number of nitrogens with one attached hydrogen (secondary N) is 2. The Morgan fingerprint density at radius 1 is 1.00 bits per heavy atom. The molecule has 3 rings (SSSR count). The number of aromatic nitrogens is 2. The van der Waals surface area contributed by atoms with Crippen LogP contribution < -0.4 is 15.8 Å². The van der Waals surface area contributed by atoms with Gasteiger partial charge in [0.25, 0.3) is 0 Å². The van der Waals surface area contributed by atoms with E-state index in [1.54, 1.807) is 24.3 Å². The summed E-state index contributed by atoms with van der Waals surface area (Å²) in [5, 5.41) is 3.13. The van der Waals surface area contributed by atoms with E-state index in [2.05, 4.69) is 20.0 Å². The van der Waals surface area contributed by atoms with Crippen molar-refractivity contribution in [3.8, 4) is 0 Å². The first kappa shape index (κ1) is 20.7. The highest BCUT2D eigenvalue weighted by Crippen LogP contribution is 2.15. The zero-order valence-corrected chi connectivity index (χ0v) is 16.7. The third-order valence-corrected chi connectivity index (χ3v) is 5.55. The molecular formula is C20H22FN5O2S. The van der Waals surface area contributed by atoms with Crippen molar-refractivity contribution in [2.45, 2.75) is 31.3 Å². The van der Waals surface area contributed by atoms with E-state index in [0.717, 1.165) is 5.56 Å². The molecule has 1 heterocycles. The fourth-order valence-corrected chi connectivity index (χ4v) is 3.78. The number of hydrogen-bond donors (Lipinski definition) is 3. The predicted molar refractivity (Wildman–Crippen MR) is 110 cm³/mol. The molecule has 29 heavy (non-hydrogen) atoms. The number of nitrogens with zero attached hydrogens (tertiary/aromatic N) is 2. The molecule has 9 heteroatoms. The zero-order valence-electron chi connectivity index (χ0n) is 15.9.